The predicted octanol–water partition coefficient (Wildman–Crippen LogP) is 4.05. The van der Waals surface area contributed by atoms with Crippen molar-refractivity contribution in [2.75, 3.05) is 19.0 Å². The van der Waals surface area contributed by atoms with E-state index >= 15 is 0 Å². The molecule has 6 nitrogen and oxygen atoms in total. The van der Waals surface area contributed by atoms with Gasteiger partial charge in [-0.15, -0.1) is 0 Å². The van der Waals surface area contributed by atoms with Gasteiger partial charge in [0.25, 0.3) is 5.91 Å². The Hall–Kier alpha value is -2.57. The summed E-state index contributed by atoms with van der Waals surface area (Å²) >= 11 is 6.26. The number of ether oxygens (including phenoxy) is 1. The number of anilines is 1. The Labute approximate surface area is 176 Å². The topological polar surface area (TPSA) is 70.7 Å². The van der Waals surface area contributed by atoms with E-state index in [-0.39, 0.29) is 22.9 Å². The fraction of sp³-hybridized carbons (Fsp3) is 0.364. The Balaban J connectivity index is 1.77. The van der Waals surface area contributed by atoms with Crippen molar-refractivity contribution in [3.8, 4) is 5.75 Å². The third-order valence-electron chi connectivity index (χ3n) is 5.03. The third-order valence-corrected chi connectivity index (χ3v) is 5.34. The summed E-state index contributed by atoms with van der Waals surface area (Å²) in [4.78, 5) is 24.3. The number of methoxy groups -OCH3 is 1. The lowest BCUT2D eigenvalue weighted by atomic mass is 9.97. The average Bonchev–Trinajstić information content (AvgIpc) is 2.71. The summed E-state index contributed by atoms with van der Waals surface area (Å²) in [6, 6.07) is 13.6. The molecule has 3 rings (SSSR count). The standard InChI is InChI=1S/C22H26ClN3O3/c1-15(27)24-20-14-21(29-2)18(13-19(20)23)22(28)25-26-11-7-6-10-17(26)12-16-8-4-3-5-9-16/h3-5,8-9,13-14,17H,6-7,10-12H2,1-2H3,(H,24,27)(H,25,28). The SMILES string of the molecule is COc1cc(NC(C)=O)c(Cl)cc1C(=O)NN1CCCCC1Cc1ccccc1. The molecule has 0 aromatic heterocycles. The van der Waals surface area contributed by atoms with Gasteiger partial charge < -0.3 is 10.1 Å². The maximum atomic E-state index is 13.0. The lowest BCUT2D eigenvalue weighted by Crippen LogP contribution is -2.51. The van der Waals surface area contributed by atoms with Crippen molar-refractivity contribution in [2.45, 2.75) is 38.6 Å². The van der Waals surface area contributed by atoms with E-state index in [1.807, 2.05) is 23.2 Å². The van der Waals surface area contributed by atoms with Crippen molar-refractivity contribution < 1.29 is 14.3 Å². The molecule has 1 aliphatic rings. The van der Waals surface area contributed by atoms with Crippen LogP contribution in [0.5, 0.6) is 5.75 Å². The van der Waals surface area contributed by atoms with Gasteiger partial charge >= 0.3 is 0 Å². The van der Waals surface area contributed by atoms with Crippen LogP contribution in [0.1, 0.15) is 42.1 Å². The number of rotatable bonds is 6. The van der Waals surface area contributed by atoms with E-state index in [0.717, 1.165) is 32.2 Å². The molecule has 2 aromatic rings. The Morgan fingerprint density at radius 3 is 2.66 bits per heavy atom. The minimum absolute atomic E-state index is 0.232. The number of amides is 2. The summed E-state index contributed by atoms with van der Waals surface area (Å²) < 4.78 is 5.37. The summed E-state index contributed by atoms with van der Waals surface area (Å²) in [5.41, 5.74) is 5.02. The van der Waals surface area contributed by atoms with Gasteiger partial charge in [0.1, 0.15) is 5.75 Å². The fourth-order valence-corrected chi connectivity index (χ4v) is 3.83. The first-order valence-electron chi connectivity index (χ1n) is 9.74. The van der Waals surface area contributed by atoms with Crippen LogP contribution in [0.4, 0.5) is 5.69 Å². The molecule has 154 valence electrons. The second kappa shape index (κ2) is 9.76. The summed E-state index contributed by atoms with van der Waals surface area (Å²) in [6.07, 6.45) is 4.07. The van der Waals surface area contributed by atoms with Gasteiger partial charge in [0.2, 0.25) is 5.91 Å². The molecule has 1 atom stereocenters. The Kier molecular flexibility index (Phi) is 7.12. The molecule has 0 radical (unpaired) electrons. The summed E-state index contributed by atoms with van der Waals surface area (Å²) in [5, 5.41) is 4.94. The lowest BCUT2D eigenvalue weighted by Gasteiger charge is -2.36. The highest BCUT2D eigenvalue weighted by Gasteiger charge is 2.26. The number of halogens is 1. The zero-order chi connectivity index (χ0) is 20.8. The van der Waals surface area contributed by atoms with E-state index in [1.54, 1.807) is 6.07 Å². The quantitative estimate of drug-likeness (QED) is 0.746. The second-order valence-electron chi connectivity index (χ2n) is 7.19. The van der Waals surface area contributed by atoms with E-state index in [2.05, 4.69) is 22.9 Å². The number of hydrazine groups is 1. The number of hydrogen-bond donors (Lipinski definition) is 2. The van der Waals surface area contributed by atoms with Crippen LogP contribution >= 0.6 is 11.6 Å². The number of hydrogen-bond acceptors (Lipinski definition) is 4. The minimum Gasteiger partial charge on any atom is -0.496 e. The molecular weight excluding hydrogens is 390 g/mol. The van der Waals surface area contributed by atoms with Crippen LogP contribution in [0.2, 0.25) is 5.02 Å². The zero-order valence-electron chi connectivity index (χ0n) is 16.7. The van der Waals surface area contributed by atoms with Crippen molar-refractivity contribution >= 4 is 29.1 Å². The van der Waals surface area contributed by atoms with Gasteiger partial charge in [0.15, 0.2) is 0 Å². The lowest BCUT2D eigenvalue weighted by molar-refractivity contribution is -0.114. The zero-order valence-corrected chi connectivity index (χ0v) is 17.5. The van der Waals surface area contributed by atoms with Crippen LogP contribution < -0.4 is 15.5 Å². The van der Waals surface area contributed by atoms with Crippen LogP contribution in [0, 0.1) is 0 Å². The molecule has 2 N–H and O–H groups in total. The van der Waals surface area contributed by atoms with Gasteiger partial charge in [-0.25, -0.2) is 5.01 Å². The molecule has 1 aliphatic heterocycles. The molecule has 2 aromatic carbocycles. The fourth-order valence-electron chi connectivity index (χ4n) is 3.62. The molecule has 1 saturated heterocycles. The molecule has 0 bridgehead atoms. The Morgan fingerprint density at radius 1 is 1.21 bits per heavy atom. The molecule has 1 fully saturated rings. The molecule has 29 heavy (non-hydrogen) atoms. The summed E-state index contributed by atoms with van der Waals surface area (Å²) in [7, 11) is 1.48. The highest BCUT2D eigenvalue weighted by molar-refractivity contribution is 6.34. The van der Waals surface area contributed by atoms with Crippen LogP contribution in [0.3, 0.4) is 0 Å². The van der Waals surface area contributed by atoms with Gasteiger partial charge in [-0.2, -0.15) is 0 Å². The largest absolute Gasteiger partial charge is 0.496 e. The van der Waals surface area contributed by atoms with Gasteiger partial charge in [-0.3, -0.25) is 15.0 Å². The first kappa shape index (κ1) is 21.1. The first-order chi connectivity index (χ1) is 14.0. The monoisotopic (exact) mass is 415 g/mol. The molecule has 1 unspecified atom stereocenters. The van der Waals surface area contributed by atoms with Gasteiger partial charge in [-0.05, 0) is 30.9 Å². The van der Waals surface area contributed by atoms with Crippen LogP contribution in [-0.4, -0.2) is 36.5 Å². The highest BCUT2D eigenvalue weighted by atomic mass is 35.5. The summed E-state index contributed by atoms with van der Waals surface area (Å²) in [5.74, 6) is -0.173. The number of carbonyl (C=O) groups is 2. The number of piperidine rings is 1. The first-order valence-corrected chi connectivity index (χ1v) is 10.1. The molecule has 0 aliphatic carbocycles. The van der Waals surface area contributed by atoms with Crippen LogP contribution in [-0.2, 0) is 11.2 Å². The smallest absolute Gasteiger partial charge is 0.269 e. The van der Waals surface area contributed by atoms with E-state index in [0.29, 0.717) is 17.0 Å². The molecular formula is C22H26ClN3O3. The molecule has 2 amide bonds. The normalized spacial score (nSPS) is 16.9. The van der Waals surface area contributed by atoms with Crippen molar-refractivity contribution in [2.24, 2.45) is 0 Å². The minimum atomic E-state index is -0.280. The van der Waals surface area contributed by atoms with Crippen LogP contribution in [0.15, 0.2) is 42.5 Å². The van der Waals surface area contributed by atoms with Crippen molar-refractivity contribution in [1.82, 2.24) is 10.4 Å². The Bertz CT molecular complexity index is 873. The number of carbonyl (C=O) groups excluding carboxylic acids is 2. The van der Waals surface area contributed by atoms with Crippen molar-refractivity contribution in [1.29, 1.82) is 0 Å². The van der Waals surface area contributed by atoms with Gasteiger partial charge in [-0.1, -0.05) is 48.4 Å². The van der Waals surface area contributed by atoms with E-state index in [1.165, 1.54) is 25.7 Å². The molecule has 0 saturated carbocycles. The van der Waals surface area contributed by atoms with Gasteiger partial charge in [0.05, 0.1) is 23.4 Å². The molecule has 0 spiro atoms. The van der Waals surface area contributed by atoms with Gasteiger partial charge in [0, 0.05) is 25.6 Å². The molecule has 7 heteroatoms. The number of nitrogens with one attached hydrogen (secondary N) is 2. The predicted molar refractivity (Wildman–Crippen MR) is 114 cm³/mol. The van der Waals surface area contributed by atoms with Crippen molar-refractivity contribution in [3.63, 3.8) is 0 Å². The average molecular weight is 416 g/mol. The van der Waals surface area contributed by atoms with Crippen molar-refractivity contribution in [3.05, 3.63) is 58.6 Å². The number of benzene rings is 2. The maximum absolute atomic E-state index is 13.0. The highest BCUT2D eigenvalue weighted by Crippen LogP contribution is 2.31. The third kappa shape index (κ3) is 5.49. The molecule has 1 heterocycles. The van der Waals surface area contributed by atoms with Crippen LogP contribution in [0.25, 0.3) is 0 Å². The van der Waals surface area contributed by atoms with E-state index in [4.69, 9.17) is 16.3 Å². The maximum Gasteiger partial charge on any atom is 0.269 e. The number of nitrogens with zero attached hydrogens (tertiary/aromatic N) is 1. The summed E-state index contributed by atoms with van der Waals surface area (Å²) in [6.45, 7) is 2.19. The second-order valence-corrected chi connectivity index (χ2v) is 7.59. The van der Waals surface area contributed by atoms with E-state index < -0.39 is 0 Å². The van der Waals surface area contributed by atoms with E-state index in [9.17, 15) is 9.59 Å². The Morgan fingerprint density at radius 2 is 1.97 bits per heavy atom.